The van der Waals surface area contributed by atoms with Crippen molar-refractivity contribution in [2.45, 2.75) is 17.8 Å². The van der Waals surface area contributed by atoms with Gasteiger partial charge < -0.3 is 5.32 Å². The average molecular weight is 327 g/mol. The van der Waals surface area contributed by atoms with Gasteiger partial charge in [-0.15, -0.1) is 0 Å². The summed E-state index contributed by atoms with van der Waals surface area (Å²) in [6.07, 6.45) is 0.955. The molecule has 0 amide bonds. The lowest BCUT2D eigenvalue weighted by molar-refractivity contribution is -0.0242. The molecule has 0 spiro atoms. The van der Waals surface area contributed by atoms with Crippen molar-refractivity contribution >= 4 is 34.8 Å². The molecule has 1 atom stereocenters. The van der Waals surface area contributed by atoms with Crippen LogP contribution in [0.1, 0.15) is 12.0 Å². The van der Waals surface area contributed by atoms with E-state index >= 15 is 0 Å². The quantitative estimate of drug-likeness (QED) is 0.627. The summed E-state index contributed by atoms with van der Waals surface area (Å²) < 4.78 is 28.6. The second-order valence-electron chi connectivity index (χ2n) is 4.59. The van der Waals surface area contributed by atoms with E-state index in [0.717, 1.165) is 0 Å². The summed E-state index contributed by atoms with van der Waals surface area (Å²) >= 11 is 17.8. The van der Waals surface area contributed by atoms with Gasteiger partial charge in [0.1, 0.15) is 0 Å². The van der Waals surface area contributed by atoms with Crippen LogP contribution in [0.2, 0.25) is 15.1 Å². The zero-order valence-electron chi connectivity index (χ0n) is 9.95. The Hall–Kier alpha value is -0.350. The largest absolute Gasteiger partial charge is 0.316 e. The molecule has 1 N–H and O–H groups in total. The molecule has 1 unspecified atom stereocenters. The Kier molecular flexibility index (Phi) is 4.12. The van der Waals surface area contributed by atoms with E-state index in [-0.39, 0.29) is 28.0 Å². The predicted molar refractivity (Wildman–Crippen MR) is 75.8 cm³/mol. The van der Waals surface area contributed by atoms with Crippen LogP contribution >= 0.6 is 34.8 Å². The minimum Gasteiger partial charge on any atom is -0.316 e. The summed E-state index contributed by atoms with van der Waals surface area (Å²) in [7, 11) is 0. The molecule has 6 heteroatoms. The lowest BCUT2D eigenvalue weighted by Crippen LogP contribution is -2.45. The van der Waals surface area contributed by atoms with Gasteiger partial charge in [0.05, 0.1) is 20.5 Å². The second-order valence-corrected chi connectivity index (χ2v) is 5.78. The van der Waals surface area contributed by atoms with E-state index in [0.29, 0.717) is 18.2 Å². The molecule has 1 aromatic carbocycles. The Morgan fingerprint density at radius 1 is 1.26 bits per heavy atom. The summed E-state index contributed by atoms with van der Waals surface area (Å²) in [6.45, 7) is 3.88. The molecule has 1 nitrogen and oxygen atoms in total. The third kappa shape index (κ3) is 2.38. The van der Waals surface area contributed by atoms with Crippen LogP contribution in [-0.2, 0) is 5.41 Å². The highest BCUT2D eigenvalue weighted by atomic mass is 35.5. The zero-order valence-corrected chi connectivity index (χ0v) is 12.2. The summed E-state index contributed by atoms with van der Waals surface area (Å²) in [5, 5.41) is 3.49. The third-order valence-corrected chi connectivity index (χ3v) is 4.78. The highest BCUT2D eigenvalue weighted by Gasteiger charge is 2.54. The monoisotopic (exact) mass is 325 g/mol. The lowest BCUT2D eigenvalue weighted by Gasteiger charge is -2.35. The van der Waals surface area contributed by atoms with Crippen LogP contribution in [0.25, 0.3) is 0 Å². The Morgan fingerprint density at radius 3 is 2.26 bits per heavy atom. The van der Waals surface area contributed by atoms with Gasteiger partial charge in [-0.25, -0.2) is 8.78 Å². The van der Waals surface area contributed by atoms with Crippen LogP contribution in [0.5, 0.6) is 0 Å². The molecule has 0 bridgehead atoms. The Morgan fingerprint density at radius 2 is 1.84 bits per heavy atom. The fourth-order valence-corrected chi connectivity index (χ4v) is 3.04. The predicted octanol–water partition coefficient (Wildman–Crippen LogP) is 4.70. The van der Waals surface area contributed by atoms with Crippen molar-refractivity contribution in [3.63, 3.8) is 0 Å². The maximum atomic E-state index is 14.3. The minimum atomic E-state index is -3.06. The number of benzene rings is 1. The van der Waals surface area contributed by atoms with Crippen LogP contribution in [0.4, 0.5) is 8.78 Å². The SMILES string of the molecule is C=CC(F)(F)C1(c2cc(Cl)c(Cl)c(Cl)c2)CCNC1. The van der Waals surface area contributed by atoms with E-state index in [4.69, 9.17) is 34.8 Å². The molecular formula is C13H12Cl3F2N. The second kappa shape index (κ2) is 5.21. The number of hydrogen-bond acceptors (Lipinski definition) is 1. The summed E-state index contributed by atoms with van der Waals surface area (Å²) in [5.74, 6) is -3.06. The molecule has 1 fully saturated rings. The molecule has 0 aromatic heterocycles. The van der Waals surface area contributed by atoms with Crippen LogP contribution in [0.3, 0.4) is 0 Å². The maximum absolute atomic E-state index is 14.3. The number of alkyl halides is 2. The minimum absolute atomic E-state index is 0.139. The first kappa shape index (κ1) is 15.0. The topological polar surface area (TPSA) is 12.0 Å². The van der Waals surface area contributed by atoms with Crippen molar-refractivity contribution in [2.24, 2.45) is 0 Å². The summed E-state index contributed by atoms with van der Waals surface area (Å²) in [5.41, 5.74) is -1.01. The lowest BCUT2D eigenvalue weighted by atomic mass is 9.74. The summed E-state index contributed by atoms with van der Waals surface area (Å²) in [6, 6.07) is 2.92. The van der Waals surface area contributed by atoms with Gasteiger partial charge in [-0.1, -0.05) is 41.4 Å². The maximum Gasteiger partial charge on any atom is 0.276 e. The van der Waals surface area contributed by atoms with Gasteiger partial charge >= 0.3 is 0 Å². The molecule has 19 heavy (non-hydrogen) atoms. The number of nitrogens with one attached hydrogen (secondary N) is 1. The van der Waals surface area contributed by atoms with Crippen LogP contribution < -0.4 is 5.32 Å². The van der Waals surface area contributed by atoms with E-state index in [1.54, 1.807) is 0 Å². The summed E-state index contributed by atoms with van der Waals surface area (Å²) in [4.78, 5) is 0. The standard InChI is InChI=1S/C13H12Cl3F2N/c1-2-13(17,18)12(3-4-19-7-12)8-5-9(14)11(16)10(15)6-8/h2,5-6,19H,1,3-4,7H2. The van der Waals surface area contributed by atoms with E-state index in [2.05, 4.69) is 11.9 Å². The van der Waals surface area contributed by atoms with Gasteiger partial charge in [0.2, 0.25) is 0 Å². The Labute approximate surface area is 125 Å². The van der Waals surface area contributed by atoms with Gasteiger partial charge in [0, 0.05) is 6.54 Å². The van der Waals surface area contributed by atoms with Crippen molar-refractivity contribution in [2.75, 3.05) is 13.1 Å². The number of rotatable bonds is 3. The Balaban J connectivity index is 2.61. The van der Waals surface area contributed by atoms with E-state index < -0.39 is 11.3 Å². The molecule has 0 aliphatic carbocycles. The van der Waals surface area contributed by atoms with Gasteiger partial charge in [-0.3, -0.25) is 0 Å². The number of hydrogen-bond donors (Lipinski definition) is 1. The van der Waals surface area contributed by atoms with Crippen LogP contribution in [0, 0.1) is 0 Å². The van der Waals surface area contributed by atoms with Crippen molar-refractivity contribution in [1.82, 2.24) is 5.32 Å². The molecule has 1 aliphatic heterocycles. The van der Waals surface area contributed by atoms with E-state index in [9.17, 15) is 8.78 Å². The first-order chi connectivity index (χ1) is 8.84. The fourth-order valence-electron chi connectivity index (χ4n) is 2.44. The normalized spacial score (nSPS) is 23.6. The molecule has 0 radical (unpaired) electrons. The van der Waals surface area contributed by atoms with Gasteiger partial charge in [0.25, 0.3) is 5.92 Å². The van der Waals surface area contributed by atoms with Gasteiger partial charge in [-0.2, -0.15) is 0 Å². The molecule has 1 saturated heterocycles. The first-order valence-electron chi connectivity index (χ1n) is 5.71. The van der Waals surface area contributed by atoms with E-state index in [1.165, 1.54) is 12.1 Å². The molecule has 1 aromatic rings. The van der Waals surface area contributed by atoms with Crippen molar-refractivity contribution < 1.29 is 8.78 Å². The third-order valence-electron chi connectivity index (χ3n) is 3.59. The van der Waals surface area contributed by atoms with E-state index in [1.807, 2.05) is 0 Å². The van der Waals surface area contributed by atoms with Crippen molar-refractivity contribution in [1.29, 1.82) is 0 Å². The number of halogens is 5. The Bertz CT molecular complexity index is 488. The van der Waals surface area contributed by atoms with Crippen molar-refractivity contribution in [3.8, 4) is 0 Å². The number of allylic oxidation sites excluding steroid dienone is 1. The van der Waals surface area contributed by atoms with Gasteiger partial charge in [0.15, 0.2) is 0 Å². The molecule has 104 valence electrons. The van der Waals surface area contributed by atoms with Crippen LogP contribution in [-0.4, -0.2) is 19.0 Å². The molecular weight excluding hydrogens is 315 g/mol. The molecule has 0 saturated carbocycles. The highest BCUT2D eigenvalue weighted by molar-refractivity contribution is 6.48. The van der Waals surface area contributed by atoms with Crippen LogP contribution in [0.15, 0.2) is 24.8 Å². The van der Waals surface area contributed by atoms with Crippen molar-refractivity contribution in [3.05, 3.63) is 45.4 Å². The smallest absolute Gasteiger partial charge is 0.276 e. The highest BCUT2D eigenvalue weighted by Crippen LogP contribution is 2.47. The molecule has 1 aliphatic rings. The zero-order chi connectivity index (χ0) is 14.3. The average Bonchev–Trinajstić information content (AvgIpc) is 2.86. The first-order valence-corrected chi connectivity index (χ1v) is 6.84. The molecule has 1 heterocycles. The van der Waals surface area contributed by atoms with Gasteiger partial charge in [-0.05, 0) is 36.7 Å². The molecule has 2 rings (SSSR count). The fraction of sp³-hybridized carbons (Fsp3) is 0.385.